The topological polar surface area (TPSA) is 89.1 Å². The van der Waals surface area contributed by atoms with Gasteiger partial charge in [-0.05, 0) is 57.0 Å². The predicted octanol–water partition coefficient (Wildman–Crippen LogP) is 0.736. The summed E-state index contributed by atoms with van der Waals surface area (Å²) >= 11 is 0. The second-order valence-electron chi connectivity index (χ2n) is 7.65. The number of carbonyl (C=O) groups is 1. The molecule has 3 aliphatic rings. The standard InChI is InChI=1S/C19H26N2O5/c1-18(6-9-26-19(17(18)23)4-7-20-8-5-19)21-16(22)11-13-2-3-14-15(10-13)25-12-24-14/h2-3,10,17,20,23H,4-9,11-12H2,1H3,(H,21,22)/t17-,18+/m0/s1. The van der Waals surface area contributed by atoms with Gasteiger partial charge in [0, 0.05) is 6.61 Å². The lowest BCUT2D eigenvalue weighted by Crippen LogP contribution is -2.69. The largest absolute Gasteiger partial charge is 0.454 e. The average molecular weight is 362 g/mol. The molecule has 7 nitrogen and oxygen atoms in total. The Hall–Kier alpha value is -1.83. The molecule has 1 aromatic rings. The van der Waals surface area contributed by atoms with E-state index in [1.54, 1.807) is 0 Å². The minimum Gasteiger partial charge on any atom is -0.454 e. The van der Waals surface area contributed by atoms with Crippen LogP contribution in [0.5, 0.6) is 11.5 Å². The second kappa shape index (κ2) is 6.72. The number of aliphatic hydroxyl groups excluding tert-OH is 1. The summed E-state index contributed by atoms with van der Waals surface area (Å²) < 4.78 is 16.7. The lowest BCUT2D eigenvalue weighted by atomic mass is 9.73. The number of hydrogen-bond donors (Lipinski definition) is 3. The number of piperidine rings is 1. The molecular formula is C19H26N2O5. The molecule has 0 unspecified atom stereocenters. The number of carbonyl (C=O) groups excluding carboxylic acids is 1. The SMILES string of the molecule is C[C@@]1(NC(=O)Cc2ccc3c(c2)OCO3)CCOC2(CCNCC2)[C@H]1O. The number of amides is 1. The summed E-state index contributed by atoms with van der Waals surface area (Å²) in [6.45, 7) is 4.31. The first-order chi connectivity index (χ1) is 12.5. The zero-order valence-electron chi connectivity index (χ0n) is 15.0. The Kier molecular flexibility index (Phi) is 4.54. The fourth-order valence-corrected chi connectivity index (χ4v) is 4.26. The van der Waals surface area contributed by atoms with Crippen molar-refractivity contribution < 1.29 is 24.1 Å². The van der Waals surface area contributed by atoms with Crippen LogP contribution in [0.3, 0.4) is 0 Å². The maximum Gasteiger partial charge on any atom is 0.231 e. The predicted molar refractivity (Wildman–Crippen MR) is 94.2 cm³/mol. The van der Waals surface area contributed by atoms with Crippen LogP contribution in [0.2, 0.25) is 0 Å². The molecule has 3 N–H and O–H groups in total. The normalized spacial score (nSPS) is 29.5. The Labute approximate surface area is 153 Å². The highest BCUT2D eigenvalue weighted by Gasteiger charge is 2.52. The van der Waals surface area contributed by atoms with E-state index in [1.165, 1.54) is 0 Å². The number of rotatable bonds is 3. The van der Waals surface area contributed by atoms with Crippen LogP contribution in [0.1, 0.15) is 31.7 Å². The van der Waals surface area contributed by atoms with Crippen LogP contribution >= 0.6 is 0 Å². The third-order valence-corrected chi connectivity index (χ3v) is 5.79. The Morgan fingerprint density at radius 3 is 2.85 bits per heavy atom. The first kappa shape index (κ1) is 17.6. The minimum atomic E-state index is -0.730. The molecule has 3 aliphatic heterocycles. The number of ether oxygens (including phenoxy) is 3. The van der Waals surface area contributed by atoms with Gasteiger partial charge >= 0.3 is 0 Å². The van der Waals surface area contributed by atoms with Gasteiger partial charge in [-0.1, -0.05) is 6.07 Å². The fourth-order valence-electron chi connectivity index (χ4n) is 4.26. The smallest absolute Gasteiger partial charge is 0.231 e. The quantitative estimate of drug-likeness (QED) is 0.735. The van der Waals surface area contributed by atoms with E-state index >= 15 is 0 Å². The zero-order valence-corrected chi connectivity index (χ0v) is 15.0. The van der Waals surface area contributed by atoms with Gasteiger partial charge in [0.15, 0.2) is 11.5 Å². The molecule has 7 heteroatoms. The highest BCUT2D eigenvalue weighted by molar-refractivity contribution is 5.79. The summed E-state index contributed by atoms with van der Waals surface area (Å²) in [5.74, 6) is 1.26. The van der Waals surface area contributed by atoms with E-state index < -0.39 is 17.2 Å². The Balaban J connectivity index is 1.44. The molecule has 2 atom stereocenters. The summed E-state index contributed by atoms with van der Waals surface area (Å²) in [5.41, 5.74) is -0.402. The molecule has 0 aromatic heterocycles. The number of nitrogens with one attached hydrogen (secondary N) is 2. The second-order valence-corrected chi connectivity index (χ2v) is 7.65. The van der Waals surface area contributed by atoms with Gasteiger partial charge < -0.3 is 30.0 Å². The van der Waals surface area contributed by atoms with E-state index in [1.807, 2.05) is 25.1 Å². The van der Waals surface area contributed by atoms with Crippen LogP contribution in [-0.4, -0.2) is 54.7 Å². The van der Waals surface area contributed by atoms with Crippen molar-refractivity contribution in [3.63, 3.8) is 0 Å². The maximum absolute atomic E-state index is 12.7. The Bertz CT molecular complexity index is 683. The number of hydrogen-bond acceptors (Lipinski definition) is 6. The zero-order chi connectivity index (χ0) is 18.2. The molecule has 0 radical (unpaired) electrons. The molecule has 2 fully saturated rings. The first-order valence-corrected chi connectivity index (χ1v) is 9.23. The van der Waals surface area contributed by atoms with Gasteiger partial charge in [0.25, 0.3) is 0 Å². The van der Waals surface area contributed by atoms with Crippen LogP contribution in [0.4, 0.5) is 0 Å². The molecule has 26 heavy (non-hydrogen) atoms. The van der Waals surface area contributed by atoms with E-state index in [-0.39, 0.29) is 19.1 Å². The van der Waals surface area contributed by atoms with Gasteiger partial charge in [0.1, 0.15) is 6.10 Å². The maximum atomic E-state index is 12.7. The van der Waals surface area contributed by atoms with E-state index in [0.29, 0.717) is 24.5 Å². The van der Waals surface area contributed by atoms with Gasteiger partial charge in [-0.3, -0.25) is 4.79 Å². The van der Waals surface area contributed by atoms with Crippen molar-refractivity contribution in [2.24, 2.45) is 0 Å². The summed E-state index contributed by atoms with van der Waals surface area (Å²) in [6.07, 6.45) is 1.60. The van der Waals surface area contributed by atoms with Gasteiger partial charge in [-0.15, -0.1) is 0 Å². The molecule has 1 amide bonds. The van der Waals surface area contributed by atoms with Crippen LogP contribution in [0.15, 0.2) is 18.2 Å². The lowest BCUT2D eigenvalue weighted by molar-refractivity contribution is -0.200. The molecular weight excluding hydrogens is 336 g/mol. The van der Waals surface area contributed by atoms with Crippen LogP contribution in [0.25, 0.3) is 0 Å². The van der Waals surface area contributed by atoms with Crippen LogP contribution in [0, 0.1) is 0 Å². The molecule has 3 heterocycles. The van der Waals surface area contributed by atoms with Crippen molar-refractivity contribution in [2.45, 2.75) is 49.9 Å². The molecule has 0 aliphatic carbocycles. The van der Waals surface area contributed by atoms with E-state index in [0.717, 1.165) is 31.5 Å². The molecule has 1 aromatic carbocycles. The van der Waals surface area contributed by atoms with Gasteiger partial charge in [-0.2, -0.15) is 0 Å². The van der Waals surface area contributed by atoms with Gasteiger partial charge in [0.05, 0.1) is 17.6 Å². The molecule has 0 saturated carbocycles. The molecule has 0 bridgehead atoms. The minimum absolute atomic E-state index is 0.114. The Morgan fingerprint density at radius 1 is 1.27 bits per heavy atom. The van der Waals surface area contributed by atoms with E-state index in [2.05, 4.69) is 10.6 Å². The van der Waals surface area contributed by atoms with Gasteiger partial charge in [0.2, 0.25) is 12.7 Å². The average Bonchev–Trinajstić information content (AvgIpc) is 3.08. The van der Waals surface area contributed by atoms with Gasteiger partial charge in [-0.25, -0.2) is 0 Å². The van der Waals surface area contributed by atoms with Crippen molar-refractivity contribution in [3.05, 3.63) is 23.8 Å². The highest BCUT2D eigenvalue weighted by Crippen LogP contribution is 2.38. The molecule has 2 saturated heterocycles. The summed E-state index contributed by atoms with van der Waals surface area (Å²) in [6, 6.07) is 5.52. The highest BCUT2D eigenvalue weighted by atomic mass is 16.7. The molecule has 142 valence electrons. The number of aliphatic hydroxyl groups is 1. The van der Waals surface area contributed by atoms with Crippen molar-refractivity contribution in [1.82, 2.24) is 10.6 Å². The van der Waals surface area contributed by atoms with Crippen molar-refractivity contribution in [1.29, 1.82) is 0 Å². The van der Waals surface area contributed by atoms with Crippen LogP contribution in [-0.2, 0) is 16.0 Å². The van der Waals surface area contributed by atoms with E-state index in [4.69, 9.17) is 14.2 Å². The fraction of sp³-hybridized carbons (Fsp3) is 0.632. The number of benzene rings is 1. The third-order valence-electron chi connectivity index (χ3n) is 5.79. The van der Waals surface area contributed by atoms with E-state index in [9.17, 15) is 9.90 Å². The monoisotopic (exact) mass is 362 g/mol. The third kappa shape index (κ3) is 3.15. The van der Waals surface area contributed by atoms with Crippen molar-refractivity contribution in [2.75, 3.05) is 26.5 Å². The Morgan fingerprint density at radius 2 is 2.04 bits per heavy atom. The summed E-state index contributed by atoms with van der Waals surface area (Å²) in [7, 11) is 0. The van der Waals surface area contributed by atoms with Crippen molar-refractivity contribution >= 4 is 5.91 Å². The summed E-state index contributed by atoms with van der Waals surface area (Å²) in [4.78, 5) is 12.7. The first-order valence-electron chi connectivity index (χ1n) is 9.23. The van der Waals surface area contributed by atoms with Crippen LogP contribution < -0.4 is 20.1 Å². The lowest BCUT2D eigenvalue weighted by Gasteiger charge is -2.52. The molecule has 4 rings (SSSR count). The number of fused-ring (bicyclic) bond motifs is 1. The van der Waals surface area contributed by atoms with Crippen molar-refractivity contribution in [3.8, 4) is 11.5 Å². The molecule has 1 spiro atoms. The summed E-state index contributed by atoms with van der Waals surface area (Å²) in [5, 5.41) is 17.4.